The molecule has 1 aliphatic heterocycles. The van der Waals surface area contributed by atoms with Crippen molar-refractivity contribution in [2.24, 2.45) is 5.10 Å². The molecule has 0 fully saturated rings. The number of carbonyl (C=O) groups is 1. The molecule has 0 atom stereocenters. The first-order valence-corrected chi connectivity index (χ1v) is 8.63. The van der Waals surface area contributed by atoms with Gasteiger partial charge in [-0.05, 0) is 18.2 Å². The summed E-state index contributed by atoms with van der Waals surface area (Å²) >= 11 is 23.9. The van der Waals surface area contributed by atoms with Gasteiger partial charge < -0.3 is 14.2 Å². The number of amides is 1. The van der Waals surface area contributed by atoms with Gasteiger partial charge in [0, 0.05) is 16.7 Å². The van der Waals surface area contributed by atoms with Crippen molar-refractivity contribution < 1.29 is 19.0 Å². The van der Waals surface area contributed by atoms with Crippen molar-refractivity contribution in [1.29, 1.82) is 0 Å². The predicted molar refractivity (Wildman–Crippen MR) is 100 cm³/mol. The minimum atomic E-state index is -0.514. The van der Waals surface area contributed by atoms with Gasteiger partial charge in [-0.15, -0.1) is 0 Å². The third-order valence-corrected chi connectivity index (χ3v) is 4.30. The van der Waals surface area contributed by atoms with Crippen molar-refractivity contribution in [1.82, 2.24) is 5.43 Å². The van der Waals surface area contributed by atoms with Gasteiger partial charge in [-0.2, -0.15) is 5.10 Å². The number of halogens is 4. The Labute approximate surface area is 168 Å². The number of nitrogens with one attached hydrogen (secondary N) is 1. The highest BCUT2D eigenvalue weighted by Gasteiger charge is 2.16. The van der Waals surface area contributed by atoms with Gasteiger partial charge in [0.25, 0.3) is 5.91 Å². The quantitative estimate of drug-likeness (QED) is 0.552. The maximum atomic E-state index is 11.8. The van der Waals surface area contributed by atoms with Crippen LogP contribution in [0.15, 0.2) is 29.4 Å². The summed E-state index contributed by atoms with van der Waals surface area (Å²) in [5.41, 5.74) is 2.87. The summed E-state index contributed by atoms with van der Waals surface area (Å²) in [5, 5.41) is 5.00. The molecule has 2 aromatic carbocycles. The van der Waals surface area contributed by atoms with E-state index < -0.39 is 5.91 Å². The smallest absolute Gasteiger partial charge is 0.277 e. The topological polar surface area (TPSA) is 69.2 Å². The molecule has 1 amide bonds. The number of ether oxygens (including phenoxy) is 3. The maximum Gasteiger partial charge on any atom is 0.277 e. The third kappa shape index (κ3) is 4.45. The summed E-state index contributed by atoms with van der Waals surface area (Å²) in [7, 11) is 0. The molecule has 2 aromatic rings. The number of fused-ring (bicyclic) bond motifs is 1. The molecular formula is C16H10Cl4N2O4. The molecule has 0 saturated carbocycles. The zero-order chi connectivity index (χ0) is 18.7. The number of carbonyl (C=O) groups excluding carboxylic acids is 1. The van der Waals surface area contributed by atoms with Gasteiger partial charge in [0.2, 0.25) is 6.79 Å². The summed E-state index contributed by atoms with van der Waals surface area (Å²) in [6, 6.07) is 6.19. The summed E-state index contributed by atoms with van der Waals surface area (Å²) in [4.78, 5) is 11.8. The predicted octanol–water partition coefficient (Wildman–Crippen LogP) is 4.56. The van der Waals surface area contributed by atoms with Gasteiger partial charge in [-0.25, -0.2) is 5.43 Å². The molecule has 3 rings (SSSR count). The number of rotatable bonds is 5. The number of hydrogen-bond donors (Lipinski definition) is 1. The van der Waals surface area contributed by atoms with Crippen LogP contribution in [0.2, 0.25) is 20.1 Å². The van der Waals surface area contributed by atoms with Crippen LogP contribution >= 0.6 is 46.4 Å². The van der Waals surface area contributed by atoms with E-state index in [2.05, 4.69) is 10.5 Å². The van der Waals surface area contributed by atoms with Crippen molar-refractivity contribution in [2.45, 2.75) is 0 Å². The normalized spacial score (nSPS) is 12.5. The second kappa shape index (κ2) is 8.22. The van der Waals surface area contributed by atoms with E-state index >= 15 is 0 Å². The van der Waals surface area contributed by atoms with Crippen LogP contribution in [0.1, 0.15) is 5.56 Å². The summed E-state index contributed by atoms with van der Waals surface area (Å²) < 4.78 is 15.8. The highest BCUT2D eigenvalue weighted by Crippen LogP contribution is 2.36. The number of nitrogens with zero attached hydrogens (tertiary/aromatic N) is 1. The Hall–Kier alpha value is -1.86. The van der Waals surface area contributed by atoms with Crippen LogP contribution < -0.4 is 19.6 Å². The SMILES string of the molecule is O=C(COc1c(Cl)cc(Cl)cc1Cl)NN=Cc1cc2c(cc1Cl)OCO2. The largest absolute Gasteiger partial charge is 0.481 e. The van der Waals surface area contributed by atoms with Gasteiger partial charge in [-0.1, -0.05) is 46.4 Å². The molecule has 1 heterocycles. The van der Waals surface area contributed by atoms with E-state index in [1.54, 1.807) is 12.1 Å². The van der Waals surface area contributed by atoms with E-state index in [0.717, 1.165) is 0 Å². The first-order valence-electron chi connectivity index (χ1n) is 7.12. The molecular weight excluding hydrogens is 426 g/mol. The standard InChI is InChI=1S/C16H10Cl4N2O4/c17-9-2-11(19)16(12(20)3-9)24-6-15(23)22-21-5-8-1-13-14(4-10(8)18)26-7-25-13/h1-5H,6-7H2,(H,22,23). The van der Waals surface area contributed by atoms with Gasteiger partial charge >= 0.3 is 0 Å². The Balaban J connectivity index is 1.57. The zero-order valence-electron chi connectivity index (χ0n) is 12.9. The molecule has 0 spiro atoms. The Kier molecular flexibility index (Phi) is 5.98. The fourth-order valence-corrected chi connectivity index (χ4v) is 3.17. The highest BCUT2D eigenvalue weighted by atomic mass is 35.5. The lowest BCUT2D eigenvalue weighted by atomic mass is 10.2. The van der Waals surface area contributed by atoms with E-state index in [0.29, 0.717) is 27.1 Å². The van der Waals surface area contributed by atoms with E-state index in [4.69, 9.17) is 60.6 Å². The molecule has 10 heteroatoms. The summed E-state index contributed by atoms with van der Waals surface area (Å²) in [6.07, 6.45) is 1.38. The van der Waals surface area contributed by atoms with Gasteiger partial charge in [0.05, 0.1) is 21.3 Å². The first-order chi connectivity index (χ1) is 12.4. The minimum Gasteiger partial charge on any atom is -0.481 e. The molecule has 0 bridgehead atoms. The molecule has 6 nitrogen and oxygen atoms in total. The molecule has 136 valence electrons. The van der Waals surface area contributed by atoms with Crippen LogP contribution in [0.25, 0.3) is 0 Å². The second-order valence-corrected chi connectivity index (χ2v) is 6.67. The van der Waals surface area contributed by atoms with Crippen LogP contribution in [0.4, 0.5) is 0 Å². The molecule has 0 aromatic heterocycles. The van der Waals surface area contributed by atoms with E-state index in [9.17, 15) is 4.79 Å². The van der Waals surface area contributed by atoms with Gasteiger partial charge in [0.15, 0.2) is 23.9 Å². The number of benzene rings is 2. The summed E-state index contributed by atoms with van der Waals surface area (Å²) in [6.45, 7) is -0.205. The Morgan fingerprint density at radius 1 is 1.08 bits per heavy atom. The fraction of sp³-hybridized carbons (Fsp3) is 0.125. The average Bonchev–Trinajstić information content (AvgIpc) is 3.01. The number of hydrogen-bond acceptors (Lipinski definition) is 5. The van der Waals surface area contributed by atoms with Crippen LogP contribution in [-0.2, 0) is 4.79 Å². The van der Waals surface area contributed by atoms with Gasteiger partial charge in [-0.3, -0.25) is 4.79 Å². The van der Waals surface area contributed by atoms with Crippen LogP contribution in [0, 0.1) is 0 Å². The third-order valence-electron chi connectivity index (χ3n) is 3.20. The second-order valence-electron chi connectivity index (χ2n) is 5.01. The van der Waals surface area contributed by atoms with Crippen molar-refractivity contribution in [3.63, 3.8) is 0 Å². The van der Waals surface area contributed by atoms with Crippen molar-refractivity contribution in [3.05, 3.63) is 49.9 Å². The van der Waals surface area contributed by atoms with Crippen molar-refractivity contribution >= 4 is 58.5 Å². The fourth-order valence-electron chi connectivity index (χ4n) is 2.04. The number of hydrazone groups is 1. The molecule has 26 heavy (non-hydrogen) atoms. The van der Waals surface area contributed by atoms with Gasteiger partial charge in [0.1, 0.15) is 0 Å². The lowest BCUT2D eigenvalue weighted by Crippen LogP contribution is -2.24. The molecule has 0 aliphatic carbocycles. The first kappa shape index (κ1) is 18.9. The lowest BCUT2D eigenvalue weighted by Gasteiger charge is -2.09. The molecule has 0 radical (unpaired) electrons. The highest BCUT2D eigenvalue weighted by molar-refractivity contribution is 6.40. The lowest BCUT2D eigenvalue weighted by molar-refractivity contribution is -0.123. The van der Waals surface area contributed by atoms with Crippen LogP contribution in [0.3, 0.4) is 0 Å². The van der Waals surface area contributed by atoms with E-state index in [-0.39, 0.29) is 29.2 Å². The Morgan fingerprint density at radius 3 is 2.42 bits per heavy atom. The molecule has 0 unspecified atom stereocenters. The monoisotopic (exact) mass is 434 g/mol. The molecule has 1 N–H and O–H groups in total. The van der Waals surface area contributed by atoms with Crippen molar-refractivity contribution in [2.75, 3.05) is 13.4 Å². The Bertz CT molecular complexity index is 866. The van der Waals surface area contributed by atoms with Crippen LogP contribution in [0.5, 0.6) is 17.2 Å². The van der Waals surface area contributed by atoms with E-state index in [1.165, 1.54) is 18.3 Å². The van der Waals surface area contributed by atoms with E-state index in [1.807, 2.05) is 0 Å². The zero-order valence-corrected chi connectivity index (χ0v) is 15.9. The average molecular weight is 436 g/mol. The maximum absolute atomic E-state index is 11.8. The minimum absolute atomic E-state index is 0.135. The Morgan fingerprint density at radius 2 is 1.73 bits per heavy atom. The van der Waals surface area contributed by atoms with Crippen molar-refractivity contribution in [3.8, 4) is 17.2 Å². The summed E-state index contributed by atoms with van der Waals surface area (Å²) in [5.74, 6) is 0.759. The molecule has 1 aliphatic rings. The van der Waals surface area contributed by atoms with Crippen LogP contribution in [-0.4, -0.2) is 25.5 Å². The molecule has 0 saturated heterocycles.